The molecule has 0 bridgehead atoms. The first-order valence-electron chi connectivity index (χ1n) is 6.83. The molecule has 0 aliphatic rings. The molecular weight excluding hydrogens is 362 g/mol. The van der Waals surface area contributed by atoms with Crippen molar-refractivity contribution in [2.75, 3.05) is 19.5 Å². The van der Waals surface area contributed by atoms with Crippen molar-refractivity contribution in [1.29, 1.82) is 0 Å². The van der Waals surface area contributed by atoms with Gasteiger partial charge >= 0.3 is 0 Å². The first-order valence-corrected chi connectivity index (χ1v) is 7.62. The SMILES string of the molecule is COc1ccc(NC(=O)c2cc3ccc(Br)cc3o2)cc1OC. The standard InChI is InChI=1S/C17H14BrNO4/c1-21-13-6-5-12(9-15(13)22-2)19-17(20)16-7-10-3-4-11(18)8-14(10)23-16/h3-9H,1-2H3,(H,19,20). The molecule has 0 fully saturated rings. The van der Waals surface area contributed by atoms with Gasteiger partial charge in [-0.3, -0.25) is 4.79 Å². The molecule has 0 saturated heterocycles. The van der Waals surface area contributed by atoms with Gasteiger partial charge in [-0.1, -0.05) is 15.9 Å². The minimum atomic E-state index is -0.329. The lowest BCUT2D eigenvalue weighted by atomic mass is 10.2. The predicted molar refractivity (Wildman–Crippen MR) is 91.4 cm³/mol. The lowest BCUT2D eigenvalue weighted by Gasteiger charge is -2.09. The predicted octanol–water partition coefficient (Wildman–Crippen LogP) is 4.46. The van der Waals surface area contributed by atoms with Crippen molar-refractivity contribution in [2.24, 2.45) is 0 Å². The molecule has 1 N–H and O–H groups in total. The number of halogens is 1. The molecule has 3 rings (SSSR count). The molecule has 1 heterocycles. The van der Waals surface area contributed by atoms with Gasteiger partial charge in [0, 0.05) is 21.6 Å². The molecule has 0 atom stereocenters. The van der Waals surface area contributed by atoms with Crippen LogP contribution >= 0.6 is 15.9 Å². The molecule has 6 heteroatoms. The van der Waals surface area contributed by atoms with Crippen LogP contribution < -0.4 is 14.8 Å². The first kappa shape index (κ1) is 15.4. The van der Waals surface area contributed by atoms with Crippen LogP contribution in [-0.2, 0) is 0 Å². The Labute approximate surface area is 141 Å². The fourth-order valence-electron chi connectivity index (χ4n) is 2.22. The summed E-state index contributed by atoms with van der Waals surface area (Å²) in [6.45, 7) is 0. The number of methoxy groups -OCH3 is 2. The van der Waals surface area contributed by atoms with E-state index in [4.69, 9.17) is 13.9 Å². The number of carbonyl (C=O) groups is 1. The van der Waals surface area contributed by atoms with Crippen LogP contribution in [0.3, 0.4) is 0 Å². The lowest BCUT2D eigenvalue weighted by Crippen LogP contribution is -2.10. The molecule has 0 aliphatic carbocycles. The van der Waals surface area contributed by atoms with Gasteiger partial charge in [-0.15, -0.1) is 0 Å². The highest BCUT2D eigenvalue weighted by Gasteiger charge is 2.14. The molecule has 0 saturated carbocycles. The molecule has 3 aromatic rings. The number of fused-ring (bicyclic) bond motifs is 1. The summed E-state index contributed by atoms with van der Waals surface area (Å²) >= 11 is 3.38. The highest BCUT2D eigenvalue weighted by molar-refractivity contribution is 9.10. The van der Waals surface area contributed by atoms with E-state index in [-0.39, 0.29) is 11.7 Å². The van der Waals surface area contributed by atoms with E-state index in [0.717, 1.165) is 9.86 Å². The molecular formula is C17H14BrNO4. The van der Waals surface area contributed by atoms with Crippen molar-refractivity contribution in [1.82, 2.24) is 0 Å². The minimum absolute atomic E-state index is 0.243. The quantitative estimate of drug-likeness (QED) is 0.730. The van der Waals surface area contributed by atoms with Crippen molar-refractivity contribution in [3.8, 4) is 11.5 Å². The number of ether oxygens (including phenoxy) is 2. The van der Waals surface area contributed by atoms with Crippen LogP contribution in [0.1, 0.15) is 10.6 Å². The summed E-state index contributed by atoms with van der Waals surface area (Å²) in [6.07, 6.45) is 0. The second-order valence-electron chi connectivity index (χ2n) is 4.82. The normalized spacial score (nSPS) is 10.6. The number of benzene rings is 2. The van der Waals surface area contributed by atoms with Gasteiger partial charge in [-0.25, -0.2) is 0 Å². The van der Waals surface area contributed by atoms with Crippen LogP contribution in [-0.4, -0.2) is 20.1 Å². The second-order valence-corrected chi connectivity index (χ2v) is 5.73. The molecule has 118 valence electrons. The maximum absolute atomic E-state index is 12.3. The Morgan fingerprint density at radius 2 is 1.83 bits per heavy atom. The maximum Gasteiger partial charge on any atom is 0.291 e. The highest BCUT2D eigenvalue weighted by atomic mass is 79.9. The molecule has 2 aromatic carbocycles. The zero-order valence-electron chi connectivity index (χ0n) is 12.6. The van der Waals surface area contributed by atoms with Gasteiger partial charge in [-0.05, 0) is 36.4 Å². The van der Waals surface area contributed by atoms with Crippen LogP contribution in [0.5, 0.6) is 11.5 Å². The third-order valence-corrected chi connectivity index (χ3v) is 3.84. The molecule has 23 heavy (non-hydrogen) atoms. The van der Waals surface area contributed by atoms with E-state index in [1.165, 1.54) is 0 Å². The lowest BCUT2D eigenvalue weighted by molar-refractivity contribution is 0.0998. The summed E-state index contributed by atoms with van der Waals surface area (Å²) < 4.78 is 16.9. The Kier molecular flexibility index (Phi) is 4.25. The molecule has 5 nitrogen and oxygen atoms in total. The first-order chi connectivity index (χ1) is 11.1. The summed E-state index contributed by atoms with van der Waals surface area (Å²) in [7, 11) is 3.10. The van der Waals surface area contributed by atoms with E-state index in [1.807, 2.05) is 18.2 Å². The monoisotopic (exact) mass is 375 g/mol. The van der Waals surface area contributed by atoms with Crippen LogP contribution in [0.15, 0.2) is 51.4 Å². The van der Waals surface area contributed by atoms with Crippen LogP contribution in [0.4, 0.5) is 5.69 Å². The maximum atomic E-state index is 12.3. The van der Waals surface area contributed by atoms with Crippen molar-refractivity contribution in [3.63, 3.8) is 0 Å². The summed E-state index contributed by atoms with van der Waals surface area (Å²) in [4.78, 5) is 12.3. The van der Waals surface area contributed by atoms with Crippen LogP contribution in [0, 0.1) is 0 Å². The largest absolute Gasteiger partial charge is 0.493 e. The Morgan fingerprint density at radius 1 is 1.04 bits per heavy atom. The highest BCUT2D eigenvalue weighted by Crippen LogP contribution is 2.30. The zero-order valence-corrected chi connectivity index (χ0v) is 14.1. The van der Waals surface area contributed by atoms with E-state index in [1.54, 1.807) is 38.5 Å². The van der Waals surface area contributed by atoms with Gasteiger partial charge in [0.1, 0.15) is 5.58 Å². The number of amides is 1. The summed E-state index contributed by atoms with van der Waals surface area (Å²) in [6, 6.07) is 12.5. The average molecular weight is 376 g/mol. The molecule has 0 radical (unpaired) electrons. The van der Waals surface area contributed by atoms with E-state index in [0.29, 0.717) is 22.8 Å². The van der Waals surface area contributed by atoms with Gasteiger partial charge in [0.05, 0.1) is 14.2 Å². The van der Waals surface area contributed by atoms with E-state index >= 15 is 0 Å². The molecule has 1 aromatic heterocycles. The Bertz CT molecular complexity index is 872. The molecule has 0 aliphatic heterocycles. The smallest absolute Gasteiger partial charge is 0.291 e. The number of hydrogen-bond donors (Lipinski definition) is 1. The number of nitrogens with one attached hydrogen (secondary N) is 1. The van der Waals surface area contributed by atoms with E-state index in [2.05, 4.69) is 21.2 Å². The molecule has 1 amide bonds. The molecule has 0 spiro atoms. The number of anilines is 1. The third-order valence-electron chi connectivity index (χ3n) is 3.35. The van der Waals surface area contributed by atoms with Crippen molar-refractivity contribution >= 4 is 38.5 Å². The molecule has 0 unspecified atom stereocenters. The van der Waals surface area contributed by atoms with Gasteiger partial charge in [0.2, 0.25) is 0 Å². The number of hydrogen-bond acceptors (Lipinski definition) is 4. The third kappa shape index (κ3) is 3.17. The Balaban J connectivity index is 1.85. The Hall–Kier alpha value is -2.47. The summed E-state index contributed by atoms with van der Waals surface area (Å²) in [5.74, 6) is 1.05. The van der Waals surface area contributed by atoms with Crippen LogP contribution in [0.25, 0.3) is 11.0 Å². The Morgan fingerprint density at radius 3 is 2.57 bits per heavy atom. The average Bonchev–Trinajstić information content (AvgIpc) is 2.97. The topological polar surface area (TPSA) is 60.7 Å². The van der Waals surface area contributed by atoms with Crippen molar-refractivity contribution in [2.45, 2.75) is 0 Å². The van der Waals surface area contributed by atoms with Gasteiger partial charge < -0.3 is 19.2 Å². The van der Waals surface area contributed by atoms with Crippen LogP contribution in [0.2, 0.25) is 0 Å². The van der Waals surface area contributed by atoms with E-state index in [9.17, 15) is 4.79 Å². The van der Waals surface area contributed by atoms with Crippen molar-refractivity contribution < 1.29 is 18.7 Å². The summed E-state index contributed by atoms with van der Waals surface area (Å²) in [5.41, 5.74) is 1.24. The second kappa shape index (κ2) is 6.34. The van der Waals surface area contributed by atoms with E-state index < -0.39 is 0 Å². The van der Waals surface area contributed by atoms with Crippen molar-refractivity contribution in [3.05, 3.63) is 52.7 Å². The van der Waals surface area contributed by atoms with Gasteiger partial charge in [0.15, 0.2) is 17.3 Å². The number of carbonyl (C=O) groups excluding carboxylic acids is 1. The number of rotatable bonds is 4. The fourth-order valence-corrected chi connectivity index (χ4v) is 2.56. The number of furan rings is 1. The summed E-state index contributed by atoms with van der Waals surface area (Å²) in [5, 5.41) is 3.65. The minimum Gasteiger partial charge on any atom is -0.493 e. The van der Waals surface area contributed by atoms with Gasteiger partial charge in [0.25, 0.3) is 5.91 Å². The zero-order chi connectivity index (χ0) is 16.4. The van der Waals surface area contributed by atoms with Gasteiger partial charge in [-0.2, -0.15) is 0 Å². The fraction of sp³-hybridized carbons (Fsp3) is 0.118.